The van der Waals surface area contributed by atoms with Gasteiger partial charge in [-0.3, -0.25) is 0 Å². The van der Waals surface area contributed by atoms with Crippen molar-refractivity contribution >= 4 is 16.7 Å². The largest absolute Gasteiger partial charge is 0.377 e. The predicted octanol–water partition coefficient (Wildman–Crippen LogP) is 4.23. The highest BCUT2D eigenvalue weighted by molar-refractivity contribution is 5.81. The van der Waals surface area contributed by atoms with Crippen molar-refractivity contribution < 1.29 is 4.74 Å². The summed E-state index contributed by atoms with van der Waals surface area (Å²) in [6.45, 7) is 8.80. The fourth-order valence-corrected chi connectivity index (χ4v) is 2.09. The number of nitrogens with zero attached hydrogens (tertiary/aromatic N) is 1. The van der Waals surface area contributed by atoms with Crippen molar-refractivity contribution in [1.29, 1.82) is 0 Å². The van der Waals surface area contributed by atoms with E-state index in [1.165, 1.54) is 0 Å². The van der Waals surface area contributed by atoms with Gasteiger partial charge in [0.25, 0.3) is 0 Å². The predicted molar refractivity (Wildman–Crippen MR) is 85.0 cm³/mol. The van der Waals surface area contributed by atoms with E-state index in [0.29, 0.717) is 12.5 Å². The van der Waals surface area contributed by atoms with Crippen LogP contribution in [0, 0.1) is 5.92 Å². The standard InChI is InChI=1S/C17H24N2O/c1-4-18-17-15(12-20-10-9-13(2)3)11-14-7-5-6-8-16(14)19-17/h5-8,11,13H,4,9-10,12H2,1-3H3,(H,18,19). The van der Waals surface area contributed by atoms with Gasteiger partial charge in [-0.1, -0.05) is 32.0 Å². The molecule has 0 bridgehead atoms. The van der Waals surface area contributed by atoms with Crippen LogP contribution in [0.4, 0.5) is 5.82 Å². The zero-order chi connectivity index (χ0) is 14.4. The average molecular weight is 272 g/mol. The highest BCUT2D eigenvalue weighted by atomic mass is 16.5. The number of hydrogen-bond acceptors (Lipinski definition) is 3. The van der Waals surface area contributed by atoms with Crippen molar-refractivity contribution in [2.24, 2.45) is 5.92 Å². The molecular formula is C17H24N2O. The number of aromatic nitrogens is 1. The number of benzene rings is 1. The third kappa shape index (κ3) is 3.94. The summed E-state index contributed by atoms with van der Waals surface area (Å²) in [6, 6.07) is 10.4. The van der Waals surface area contributed by atoms with Crippen LogP contribution in [0.25, 0.3) is 10.9 Å². The van der Waals surface area contributed by atoms with Gasteiger partial charge in [-0.2, -0.15) is 0 Å². The van der Waals surface area contributed by atoms with Gasteiger partial charge in [0.15, 0.2) is 0 Å². The Bertz CT molecular complexity index is 552. The lowest BCUT2D eigenvalue weighted by molar-refractivity contribution is 0.111. The van der Waals surface area contributed by atoms with E-state index in [-0.39, 0.29) is 0 Å². The van der Waals surface area contributed by atoms with Crippen molar-refractivity contribution in [1.82, 2.24) is 4.98 Å². The Hall–Kier alpha value is -1.61. The molecule has 20 heavy (non-hydrogen) atoms. The molecule has 1 aromatic heterocycles. The van der Waals surface area contributed by atoms with E-state index in [1.54, 1.807) is 0 Å². The van der Waals surface area contributed by atoms with E-state index in [0.717, 1.165) is 41.9 Å². The molecule has 0 atom stereocenters. The molecule has 3 nitrogen and oxygen atoms in total. The highest BCUT2D eigenvalue weighted by Gasteiger charge is 2.06. The van der Waals surface area contributed by atoms with Crippen LogP contribution in [0.2, 0.25) is 0 Å². The van der Waals surface area contributed by atoms with Gasteiger partial charge in [0, 0.05) is 24.1 Å². The first kappa shape index (κ1) is 14.8. The molecular weight excluding hydrogens is 248 g/mol. The maximum atomic E-state index is 5.79. The summed E-state index contributed by atoms with van der Waals surface area (Å²) < 4.78 is 5.79. The third-order valence-corrected chi connectivity index (χ3v) is 3.24. The second kappa shape index (κ2) is 7.25. The molecule has 1 aromatic carbocycles. The molecule has 0 spiro atoms. The lowest BCUT2D eigenvalue weighted by atomic mass is 10.1. The normalized spacial score (nSPS) is 11.2. The molecule has 0 saturated carbocycles. The first-order valence-corrected chi connectivity index (χ1v) is 7.41. The Balaban J connectivity index is 2.14. The molecule has 1 N–H and O–H groups in total. The molecule has 1 heterocycles. The molecule has 2 aromatic rings. The second-order valence-electron chi connectivity index (χ2n) is 5.45. The van der Waals surface area contributed by atoms with E-state index < -0.39 is 0 Å². The molecule has 0 aliphatic carbocycles. The first-order valence-electron chi connectivity index (χ1n) is 7.41. The lowest BCUT2D eigenvalue weighted by Crippen LogP contribution is -2.06. The van der Waals surface area contributed by atoms with Gasteiger partial charge in [-0.25, -0.2) is 4.98 Å². The molecule has 0 radical (unpaired) electrons. The van der Waals surface area contributed by atoms with Gasteiger partial charge in [-0.15, -0.1) is 0 Å². The average Bonchev–Trinajstić information content (AvgIpc) is 2.44. The first-order chi connectivity index (χ1) is 9.70. The van der Waals surface area contributed by atoms with Crippen molar-refractivity contribution in [2.75, 3.05) is 18.5 Å². The third-order valence-electron chi connectivity index (χ3n) is 3.24. The Kier molecular flexibility index (Phi) is 5.36. The minimum Gasteiger partial charge on any atom is -0.377 e. The van der Waals surface area contributed by atoms with E-state index >= 15 is 0 Å². The summed E-state index contributed by atoms with van der Waals surface area (Å²) in [7, 11) is 0. The number of ether oxygens (including phenoxy) is 1. The van der Waals surface area contributed by atoms with Crippen molar-refractivity contribution in [3.8, 4) is 0 Å². The quantitative estimate of drug-likeness (QED) is 0.766. The molecule has 108 valence electrons. The van der Waals surface area contributed by atoms with Crippen LogP contribution < -0.4 is 5.32 Å². The Morgan fingerprint density at radius 2 is 2.05 bits per heavy atom. The van der Waals surface area contributed by atoms with Gasteiger partial charge in [0.1, 0.15) is 5.82 Å². The second-order valence-corrected chi connectivity index (χ2v) is 5.45. The number of fused-ring (bicyclic) bond motifs is 1. The summed E-state index contributed by atoms with van der Waals surface area (Å²) in [5, 5.41) is 4.49. The number of anilines is 1. The number of hydrogen-bond donors (Lipinski definition) is 1. The minimum atomic E-state index is 0.618. The zero-order valence-corrected chi connectivity index (χ0v) is 12.6. The van der Waals surface area contributed by atoms with Gasteiger partial charge in [0.05, 0.1) is 12.1 Å². The van der Waals surface area contributed by atoms with Gasteiger partial charge < -0.3 is 10.1 Å². The topological polar surface area (TPSA) is 34.2 Å². The van der Waals surface area contributed by atoms with Crippen molar-refractivity contribution in [3.05, 3.63) is 35.9 Å². The van der Waals surface area contributed by atoms with Gasteiger partial charge in [-0.05, 0) is 31.4 Å². The highest BCUT2D eigenvalue weighted by Crippen LogP contribution is 2.21. The molecule has 0 aliphatic heterocycles. The molecule has 0 amide bonds. The van der Waals surface area contributed by atoms with Gasteiger partial charge >= 0.3 is 0 Å². The van der Waals surface area contributed by atoms with Crippen molar-refractivity contribution in [2.45, 2.75) is 33.8 Å². The lowest BCUT2D eigenvalue weighted by Gasteiger charge is -2.12. The van der Waals surface area contributed by atoms with Crippen molar-refractivity contribution in [3.63, 3.8) is 0 Å². The Labute approximate surface area is 121 Å². The molecule has 0 aliphatic rings. The summed E-state index contributed by atoms with van der Waals surface area (Å²) >= 11 is 0. The number of nitrogens with one attached hydrogen (secondary N) is 1. The maximum absolute atomic E-state index is 5.79. The van der Waals surface area contributed by atoms with E-state index in [9.17, 15) is 0 Å². The fraction of sp³-hybridized carbons (Fsp3) is 0.471. The molecule has 0 unspecified atom stereocenters. The van der Waals surface area contributed by atoms with Crippen LogP contribution in [-0.4, -0.2) is 18.1 Å². The van der Waals surface area contributed by atoms with Crippen LogP contribution in [0.15, 0.2) is 30.3 Å². The van der Waals surface area contributed by atoms with Crippen LogP contribution in [-0.2, 0) is 11.3 Å². The van der Waals surface area contributed by atoms with E-state index in [4.69, 9.17) is 4.74 Å². The van der Waals surface area contributed by atoms with Crippen LogP contribution in [0.3, 0.4) is 0 Å². The van der Waals surface area contributed by atoms with E-state index in [2.05, 4.69) is 43.2 Å². The van der Waals surface area contributed by atoms with Gasteiger partial charge in [0.2, 0.25) is 0 Å². The molecule has 0 saturated heterocycles. The van der Waals surface area contributed by atoms with E-state index in [1.807, 2.05) is 18.2 Å². The number of rotatable bonds is 7. The number of pyridine rings is 1. The zero-order valence-electron chi connectivity index (χ0n) is 12.6. The fourth-order valence-electron chi connectivity index (χ4n) is 2.09. The summed E-state index contributed by atoms with van der Waals surface area (Å²) in [4.78, 5) is 4.69. The summed E-state index contributed by atoms with van der Waals surface area (Å²) in [5.74, 6) is 1.62. The summed E-state index contributed by atoms with van der Waals surface area (Å²) in [6.07, 6.45) is 1.09. The number of para-hydroxylation sites is 1. The smallest absolute Gasteiger partial charge is 0.132 e. The molecule has 0 fully saturated rings. The maximum Gasteiger partial charge on any atom is 0.132 e. The van der Waals surface area contributed by atoms with Crippen LogP contribution in [0.1, 0.15) is 32.8 Å². The monoisotopic (exact) mass is 272 g/mol. The van der Waals surface area contributed by atoms with Crippen LogP contribution >= 0.6 is 0 Å². The Morgan fingerprint density at radius 3 is 2.80 bits per heavy atom. The molecule has 2 rings (SSSR count). The Morgan fingerprint density at radius 1 is 1.25 bits per heavy atom. The summed E-state index contributed by atoms with van der Waals surface area (Å²) in [5.41, 5.74) is 2.16. The molecule has 3 heteroatoms. The SMILES string of the molecule is CCNc1nc2ccccc2cc1COCCC(C)C. The van der Waals surface area contributed by atoms with Crippen LogP contribution in [0.5, 0.6) is 0 Å². The minimum absolute atomic E-state index is 0.618.